The van der Waals surface area contributed by atoms with E-state index in [2.05, 4.69) is 63.1 Å². The molecule has 106 valence electrons. The Morgan fingerprint density at radius 1 is 1.00 bits per heavy atom. The van der Waals surface area contributed by atoms with Gasteiger partial charge in [0.05, 0.1) is 0 Å². The quantitative estimate of drug-likeness (QED) is 0.888. The molecular formula is C18H24N2. The third kappa shape index (κ3) is 3.26. The normalized spacial score (nSPS) is 14.1. The Labute approximate surface area is 122 Å². The van der Waals surface area contributed by atoms with Crippen LogP contribution in [0.4, 0.5) is 0 Å². The Bertz CT molecular complexity index is 552. The molecule has 0 saturated heterocycles. The second kappa shape index (κ2) is 6.19. The lowest BCUT2D eigenvalue weighted by Crippen LogP contribution is -2.24. The molecule has 0 fully saturated rings. The van der Waals surface area contributed by atoms with Crippen molar-refractivity contribution in [3.8, 4) is 0 Å². The Morgan fingerprint density at radius 3 is 2.20 bits per heavy atom. The van der Waals surface area contributed by atoms with Crippen molar-refractivity contribution in [2.45, 2.75) is 46.7 Å². The highest BCUT2D eigenvalue weighted by Crippen LogP contribution is 2.25. The number of rotatable bonds is 4. The Morgan fingerprint density at radius 2 is 1.65 bits per heavy atom. The van der Waals surface area contributed by atoms with Crippen LogP contribution in [-0.2, 0) is 0 Å². The lowest BCUT2D eigenvalue weighted by Gasteiger charge is -2.24. The molecule has 0 amide bonds. The lowest BCUT2D eigenvalue weighted by molar-refractivity contribution is 0.490. The van der Waals surface area contributed by atoms with Crippen molar-refractivity contribution in [3.05, 3.63) is 64.5 Å². The molecule has 1 aromatic carbocycles. The van der Waals surface area contributed by atoms with Crippen molar-refractivity contribution in [2.75, 3.05) is 0 Å². The van der Waals surface area contributed by atoms with Crippen molar-refractivity contribution in [2.24, 2.45) is 0 Å². The molecule has 0 aliphatic carbocycles. The second-order valence-corrected chi connectivity index (χ2v) is 5.71. The first-order valence-electron chi connectivity index (χ1n) is 7.22. The maximum atomic E-state index is 4.19. The molecule has 1 unspecified atom stereocenters. The van der Waals surface area contributed by atoms with Crippen LogP contribution in [0.25, 0.3) is 0 Å². The van der Waals surface area contributed by atoms with Crippen LogP contribution in [0.5, 0.6) is 0 Å². The Hall–Kier alpha value is -1.67. The Kier molecular flexibility index (Phi) is 4.56. The van der Waals surface area contributed by atoms with Gasteiger partial charge >= 0.3 is 0 Å². The van der Waals surface area contributed by atoms with Crippen LogP contribution in [0.15, 0.2) is 36.7 Å². The zero-order valence-corrected chi connectivity index (χ0v) is 13.1. The van der Waals surface area contributed by atoms with Gasteiger partial charge in [0, 0.05) is 24.5 Å². The minimum absolute atomic E-state index is 0.291. The smallest absolute Gasteiger partial charge is 0.0315 e. The molecule has 2 nitrogen and oxygen atoms in total. The third-order valence-corrected chi connectivity index (χ3v) is 3.86. The lowest BCUT2D eigenvalue weighted by atomic mass is 9.94. The van der Waals surface area contributed by atoms with Crippen LogP contribution in [0.1, 0.15) is 53.7 Å². The molecule has 0 spiro atoms. The summed E-state index contributed by atoms with van der Waals surface area (Å²) in [5.74, 6) is 0. The summed E-state index contributed by atoms with van der Waals surface area (Å²) in [6.45, 7) is 11.0. The van der Waals surface area contributed by atoms with E-state index in [1.807, 2.05) is 18.5 Å². The number of nitrogens with zero attached hydrogens (tertiary/aromatic N) is 1. The molecule has 0 aliphatic heterocycles. The van der Waals surface area contributed by atoms with E-state index in [0.717, 1.165) is 0 Å². The number of hydrogen-bond acceptors (Lipinski definition) is 2. The second-order valence-electron chi connectivity index (χ2n) is 5.71. The minimum Gasteiger partial charge on any atom is -0.304 e. The molecule has 1 aromatic heterocycles. The fraction of sp³-hybridized carbons (Fsp3) is 0.389. The maximum absolute atomic E-state index is 4.19. The number of nitrogens with one attached hydrogen (secondary N) is 1. The molecule has 0 aliphatic rings. The van der Waals surface area contributed by atoms with E-state index in [1.165, 1.54) is 27.8 Å². The number of aromatic nitrogens is 1. The third-order valence-electron chi connectivity index (χ3n) is 3.86. The van der Waals surface area contributed by atoms with Crippen LogP contribution in [0.3, 0.4) is 0 Å². The summed E-state index contributed by atoms with van der Waals surface area (Å²) >= 11 is 0. The van der Waals surface area contributed by atoms with Crippen LogP contribution < -0.4 is 5.32 Å². The zero-order valence-electron chi connectivity index (χ0n) is 13.1. The van der Waals surface area contributed by atoms with Gasteiger partial charge < -0.3 is 5.32 Å². The summed E-state index contributed by atoms with van der Waals surface area (Å²) in [6.07, 6.45) is 3.74. The molecular weight excluding hydrogens is 244 g/mol. The zero-order chi connectivity index (χ0) is 14.7. The average molecular weight is 268 g/mol. The van der Waals surface area contributed by atoms with E-state index in [4.69, 9.17) is 0 Å². The SMILES string of the molecule is Cc1cc(C)c(C(C)N[C@H](C)c2cccnc2)c(C)c1. The summed E-state index contributed by atoms with van der Waals surface area (Å²) in [4.78, 5) is 4.19. The van der Waals surface area contributed by atoms with Crippen molar-refractivity contribution >= 4 is 0 Å². The van der Waals surface area contributed by atoms with Gasteiger partial charge in [-0.2, -0.15) is 0 Å². The largest absolute Gasteiger partial charge is 0.304 e. The highest BCUT2D eigenvalue weighted by atomic mass is 14.9. The molecule has 20 heavy (non-hydrogen) atoms. The van der Waals surface area contributed by atoms with Gasteiger partial charge in [-0.25, -0.2) is 0 Å². The van der Waals surface area contributed by atoms with E-state index in [9.17, 15) is 0 Å². The van der Waals surface area contributed by atoms with Gasteiger partial charge in [-0.05, 0) is 62.9 Å². The molecule has 1 heterocycles. The van der Waals surface area contributed by atoms with Crippen LogP contribution >= 0.6 is 0 Å². The summed E-state index contributed by atoms with van der Waals surface area (Å²) < 4.78 is 0. The van der Waals surface area contributed by atoms with E-state index < -0.39 is 0 Å². The van der Waals surface area contributed by atoms with E-state index in [-0.39, 0.29) is 0 Å². The highest BCUT2D eigenvalue weighted by Gasteiger charge is 2.15. The van der Waals surface area contributed by atoms with Crippen molar-refractivity contribution in [1.82, 2.24) is 10.3 Å². The van der Waals surface area contributed by atoms with Crippen LogP contribution in [0, 0.1) is 20.8 Å². The molecule has 2 heteroatoms. The van der Waals surface area contributed by atoms with Crippen molar-refractivity contribution in [1.29, 1.82) is 0 Å². The predicted octanol–water partition coefficient (Wildman–Crippen LogP) is 4.42. The van der Waals surface area contributed by atoms with Gasteiger partial charge in [0.2, 0.25) is 0 Å². The first kappa shape index (κ1) is 14.7. The van der Waals surface area contributed by atoms with Gasteiger partial charge in [-0.1, -0.05) is 23.8 Å². The molecule has 0 radical (unpaired) electrons. The first-order chi connectivity index (χ1) is 9.49. The summed E-state index contributed by atoms with van der Waals surface area (Å²) in [5.41, 5.74) is 6.69. The Balaban J connectivity index is 2.19. The molecule has 0 saturated carbocycles. The highest BCUT2D eigenvalue weighted by molar-refractivity contribution is 5.39. The predicted molar refractivity (Wildman–Crippen MR) is 84.9 cm³/mol. The summed E-state index contributed by atoms with van der Waals surface area (Å²) in [6, 6.07) is 9.24. The molecule has 0 bridgehead atoms. The number of benzene rings is 1. The molecule has 2 atom stereocenters. The molecule has 2 aromatic rings. The fourth-order valence-electron chi connectivity index (χ4n) is 3.06. The van der Waals surface area contributed by atoms with Gasteiger partial charge in [0.15, 0.2) is 0 Å². The molecule has 1 N–H and O–H groups in total. The average Bonchev–Trinajstić information content (AvgIpc) is 2.38. The van der Waals surface area contributed by atoms with Gasteiger partial charge in [0.25, 0.3) is 0 Å². The van der Waals surface area contributed by atoms with Crippen LogP contribution in [-0.4, -0.2) is 4.98 Å². The minimum atomic E-state index is 0.291. The summed E-state index contributed by atoms with van der Waals surface area (Å²) in [5, 5.41) is 3.67. The first-order valence-corrected chi connectivity index (χ1v) is 7.22. The number of aryl methyl sites for hydroxylation is 3. The summed E-state index contributed by atoms with van der Waals surface area (Å²) in [7, 11) is 0. The van der Waals surface area contributed by atoms with E-state index in [0.29, 0.717) is 12.1 Å². The van der Waals surface area contributed by atoms with Gasteiger partial charge in [-0.15, -0.1) is 0 Å². The van der Waals surface area contributed by atoms with Crippen molar-refractivity contribution in [3.63, 3.8) is 0 Å². The maximum Gasteiger partial charge on any atom is 0.0315 e. The molecule has 2 rings (SSSR count). The van der Waals surface area contributed by atoms with Gasteiger partial charge in [-0.3, -0.25) is 4.98 Å². The van der Waals surface area contributed by atoms with Crippen molar-refractivity contribution < 1.29 is 0 Å². The van der Waals surface area contributed by atoms with E-state index in [1.54, 1.807) is 0 Å². The topological polar surface area (TPSA) is 24.9 Å². The van der Waals surface area contributed by atoms with Gasteiger partial charge in [0.1, 0.15) is 0 Å². The monoisotopic (exact) mass is 268 g/mol. The number of pyridine rings is 1. The van der Waals surface area contributed by atoms with E-state index >= 15 is 0 Å². The number of hydrogen-bond donors (Lipinski definition) is 1. The fourth-order valence-corrected chi connectivity index (χ4v) is 3.06. The van der Waals surface area contributed by atoms with Crippen LogP contribution in [0.2, 0.25) is 0 Å². The standard InChI is InChI=1S/C18H24N2/c1-12-9-13(2)18(14(3)10-12)16(5)20-15(4)17-7-6-8-19-11-17/h6-11,15-16,20H,1-5H3/t15-,16?/m1/s1.